The lowest BCUT2D eigenvalue weighted by molar-refractivity contribution is 0.174. The molecule has 0 aliphatic heterocycles. The fraction of sp³-hybridized carbons (Fsp3) is 0.500. The maximum absolute atomic E-state index is 12.0. The second-order valence-corrected chi connectivity index (χ2v) is 5.70. The zero-order valence-corrected chi connectivity index (χ0v) is 12.0. The number of hydrogen-bond acceptors (Lipinski definition) is 5. The molecule has 7 heteroatoms. The van der Waals surface area contributed by atoms with E-state index in [2.05, 4.69) is 4.72 Å². The summed E-state index contributed by atoms with van der Waals surface area (Å²) < 4.78 is 36.4. The standard InChI is InChI=1S/C12H19NO5S/c1-4-9(14)8-13-19(15,16)10-5-6-11(17-2)12(7-10)18-3/h5-7,9,13-14H,4,8H2,1-3H3. The lowest BCUT2D eigenvalue weighted by Crippen LogP contribution is -2.31. The first kappa shape index (κ1) is 15.7. The summed E-state index contributed by atoms with van der Waals surface area (Å²) in [5.41, 5.74) is 0. The fourth-order valence-electron chi connectivity index (χ4n) is 1.42. The molecule has 1 unspecified atom stereocenters. The van der Waals surface area contributed by atoms with Crippen molar-refractivity contribution in [3.63, 3.8) is 0 Å². The van der Waals surface area contributed by atoms with Crippen molar-refractivity contribution in [3.8, 4) is 11.5 Å². The predicted octanol–water partition coefficient (Wildman–Crippen LogP) is 0.753. The van der Waals surface area contributed by atoms with Crippen LogP contribution in [0.2, 0.25) is 0 Å². The summed E-state index contributed by atoms with van der Waals surface area (Å²) >= 11 is 0. The van der Waals surface area contributed by atoms with Gasteiger partial charge in [-0.05, 0) is 18.6 Å². The Labute approximate surface area is 113 Å². The second kappa shape index (κ2) is 6.74. The van der Waals surface area contributed by atoms with Crippen molar-refractivity contribution in [3.05, 3.63) is 18.2 Å². The Morgan fingerprint density at radius 3 is 2.42 bits per heavy atom. The maximum atomic E-state index is 12.0. The van der Waals surface area contributed by atoms with E-state index in [1.807, 2.05) is 0 Å². The van der Waals surface area contributed by atoms with Gasteiger partial charge in [0.15, 0.2) is 11.5 Å². The van der Waals surface area contributed by atoms with Gasteiger partial charge in [0.25, 0.3) is 0 Å². The molecule has 0 fully saturated rings. The zero-order chi connectivity index (χ0) is 14.5. The van der Waals surface area contributed by atoms with Gasteiger partial charge in [0.1, 0.15) is 0 Å². The van der Waals surface area contributed by atoms with Gasteiger partial charge in [-0.3, -0.25) is 0 Å². The van der Waals surface area contributed by atoms with Crippen LogP contribution in [0.3, 0.4) is 0 Å². The molecule has 0 aliphatic carbocycles. The second-order valence-electron chi connectivity index (χ2n) is 3.93. The van der Waals surface area contributed by atoms with Crippen LogP contribution in [0.5, 0.6) is 11.5 Å². The molecule has 0 saturated carbocycles. The van der Waals surface area contributed by atoms with E-state index in [9.17, 15) is 13.5 Å². The SMILES string of the molecule is CCC(O)CNS(=O)(=O)c1ccc(OC)c(OC)c1. The number of sulfonamides is 1. The van der Waals surface area contributed by atoms with Crippen LogP contribution in [0.15, 0.2) is 23.1 Å². The first-order chi connectivity index (χ1) is 8.94. The molecule has 108 valence electrons. The highest BCUT2D eigenvalue weighted by Gasteiger charge is 2.17. The van der Waals surface area contributed by atoms with Gasteiger partial charge in [-0.2, -0.15) is 0 Å². The largest absolute Gasteiger partial charge is 0.493 e. The Morgan fingerprint density at radius 2 is 1.89 bits per heavy atom. The number of methoxy groups -OCH3 is 2. The van der Waals surface area contributed by atoms with Crippen LogP contribution < -0.4 is 14.2 Å². The van der Waals surface area contributed by atoms with Crippen molar-refractivity contribution >= 4 is 10.0 Å². The van der Waals surface area contributed by atoms with Gasteiger partial charge in [-0.25, -0.2) is 13.1 Å². The smallest absolute Gasteiger partial charge is 0.240 e. The summed E-state index contributed by atoms with van der Waals surface area (Å²) in [7, 11) is -0.761. The molecule has 19 heavy (non-hydrogen) atoms. The van der Waals surface area contributed by atoms with Gasteiger partial charge in [-0.1, -0.05) is 6.92 Å². The van der Waals surface area contributed by atoms with Gasteiger partial charge < -0.3 is 14.6 Å². The average molecular weight is 289 g/mol. The van der Waals surface area contributed by atoms with E-state index < -0.39 is 16.1 Å². The van der Waals surface area contributed by atoms with Crippen molar-refractivity contribution in [2.45, 2.75) is 24.3 Å². The van der Waals surface area contributed by atoms with Crippen molar-refractivity contribution in [2.75, 3.05) is 20.8 Å². The number of benzene rings is 1. The van der Waals surface area contributed by atoms with Crippen LogP contribution in [0.25, 0.3) is 0 Å². The molecular formula is C12H19NO5S. The van der Waals surface area contributed by atoms with E-state index in [-0.39, 0.29) is 11.4 Å². The number of ether oxygens (including phenoxy) is 2. The molecule has 1 atom stereocenters. The Bertz CT molecular complexity index is 515. The monoisotopic (exact) mass is 289 g/mol. The highest BCUT2D eigenvalue weighted by atomic mass is 32.2. The van der Waals surface area contributed by atoms with Gasteiger partial charge in [0.2, 0.25) is 10.0 Å². The van der Waals surface area contributed by atoms with Crippen molar-refractivity contribution in [1.29, 1.82) is 0 Å². The number of aliphatic hydroxyl groups is 1. The molecule has 1 aromatic carbocycles. The average Bonchev–Trinajstić information content (AvgIpc) is 2.43. The van der Waals surface area contributed by atoms with Gasteiger partial charge in [0, 0.05) is 12.6 Å². The van der Waals surface area contributed by atoms with Gasteiger partial charge in [0.05, 0.1) is 25.2 Å². The van der Waals surface area contributed by atoms with Crippen LogP contribution in [0.4, 0.5) is 0 Å². The topological polar surface area (TPSA) is 84.9 Å². The van der Waals surface area contributed by atoms with Crippen LogP contribution in [0, 0.1) is 0 Å². The summed E-state index contributed by atoms with van der Waals surface area (Å²) in [5, 5.41) is 9.38. The summed E-state index contributed by atoms with van der Waals surface area (Å²) in [6.45, 7) is 1.75. The van der Waals surface area contributed by atoms with E-state index in [4.69, 9.17) is 9.47 Å². The molecule has 0 saturated heterocycles. The van der Waals surface area contributed by atoms with Crippen LogP contribution in [0.1, 0.15) is 13.3 Å². The summed E-state index contributed by atoms with van der Waals surface area (Å²) in [5.74, 6) is 0.788. The lowest BCUT2D eigenvalue weighted by atomic mass is 10.3. The molecule has 1 rings (SSSR count). The quantitative estimate of drug-likeness (QED) is 0.774. The number of hydrogen-bond donors (Lipinski definition) is 2. The minimum atomic E-state index is -3.67. The van der Waals surface area contributed by atoms with E-state index in [1.54, 1.807) is 6.92 Å². The van der Waals surface area contributed by atoms with Crippen LogP contribution in [-0.4, -0.2) is 40.4 Å². The molecular weight excluding hydrogens is 270 g/mol. The highest BCUT2D eigenvalue weighted by Crippen LogP contribution is 2.29. The molecule has 0 spiro atoms. The van der Waals surface area contributed by atoms with Gasteiger partial charge >= 0.3 is 0 Å². The molecule has 0 heterocycles. The van der Waals surface area contributed by atoms with Crippen LogP contribution >= 0.6 is 0 Å². The van der Waals surface area contributed by atoms with Crippen molar-refractivity contribution in [2.24, 2.45) is 0 Å². The van der Waals surface area contributed by atoms with E-state index in [1.165, 1.54) is 32.4 Å². The number of aliphatic hydroxyl groups excluding tert-OH is 1. The number of nitrogens with one attached hydrogen (secondary N) is 1. The third-order valence-corrected chi connectivity index (χ3v) is 4.07. The Balaban J connectivity index is 2.95. The summed E-state index contributed by atoms with van der Waals surface area (Å²) in [4.78, 5) is 0.0634. The maximum Gasteiger partial charge on any atom is 0.240 e. The first-order valence-corrected chi connectivity index (χ1v) is 7.32. The Hall–Kier alpha value is -1.31. The van der Waals surface area contributed by atoms with Crippen molar-refractivity contribution < 1.29 is 23.0 Å². The summed E-state index contributed by atoms with van der Waals surface area (Å²) in [6.07, 6.45) is -0.219. The molecule has 0 aliphatic rings. The minimum Gasteiger partial charge on any atom is -0.493 e. The third-order valence-electron chi connectivity index (χ3n) is 2.65. The third kappa shape index (κ3) is 4.09. The fourth-order valence-corrected chi connectivity index (χ4v) is 2.51. The Kier molecular flexibility index (Phi) is 5.59. The highest BCUT2D eigenvalue weighted by molar-refractivity contribution is 7.89. The van der Waals surface area contributed by atoms with Gasteiger partial charge in [-0.15, -0.1) is 0 Å². The molecule has 0 radical (unpaired) electrons. The molecule has 1 aromatic rings. The van der Waals surface area contributed by atoms with Crippen LogP contribution in [-0.2, 0) is 10.0 Å². The molecule has 6 nitrogen and oxygen atoms in total. The molecule has 0 aromatic heterocycles. The van der Waals surface area contributed by atoms with E-state index in [0.29, 0.717) is 17.9 Å². The first-order valence-electron chi connectivity index (χ1n) is 5.84. The lowest BCUT2D eigenvalue weighted by Gasteiger charge is -2.12. The zero-order valence-electron chi connectivity index (χ0n) is 11.2. The summed E-state index contributed by atoms with van der Waals surface area (Å²) in [6, 6.07) is 4.31. The Morgan fingerprint density at radius 1 is 1.26 bits per heavy atom. The predicted molar refractivity (Wildman–Crippen MR) is 71.0 cm³/mol. The van der Waals surface area contributed by atoms with E-state index >= 15 is 0 Å². The molecule has 0 bridgehead atoms. The minimum absolute atomic E-state index is 0.0207. The normalized spacial score (nSPS) is 13.1. The molecule has 0 amide bonds. The molecule has 2 N–H and O–H groups in total. The number of rotatable bonds is 7. The van der Waals surface area contributed by atoms with E-state index in [0.717, 1.165) is 0 Å². The van der Waals surface area contributed by atoms with Crippen molar-refractivity contribution in [1.82, 2.24) is 4.72 Å².